The second-order valence-corrected chi connectivity index (χ2v) is 10.8. The summed E-state index contributed by atoms with van der Waals surface area (Å²) in [5.74, 6) is -3.25. The van der Waals surface area contributed by atoms with E-state index in [1.807, 2.05) is 60.7 Å². The van der Waals surface area contributed by atoms with Gasteiger partial charge in [-0.05, 0) is 30.5 Å². The summed E-state index contributed by atoms with van der Waals surface area (Å²) < 4.78 is 45.5. The first-order chi connectivity index (χ1) is 23.3. The van der Waals surface area contributed by atoms with Crippen LogP contribution in [0.1, 0.15) is 48.0 Å². The lowest BCUT2D eigenvalue weighted by atomic mass is 9.80. The summed E-state index contributed by atoms with van der Waals surface area (Å²) in [5, 5.41) is 14.5. The molecule has 0 unspecified atom stereocenters. The first-order valence-corrected chi connectivity index (χ1v) is 14.6. The van der Waals surface area contributed by atoms with Crippen LogP contribution in [0.15, 0.2) is 107 Å². The highest BCUT2D eigenvalue weighted by Gasteiger charge is 2.38. The number of allylic oxidation sites excluding steroid dienone is 2. The number of carbonyl (C=O) groups excluding carboxylic acids is 2. The van der Waals surface area contributed by atoms with E-state index in [9.17, 15) is 19.7 Å². The van der Waals surface area contributed by atoms with E-state index < -0.39 is 35.8 Å². The zero-order chi connectivity index (χ0) is 35.5. The normalized spacial score (nSPS) is 19.6. The van der Waals surface area contributed by atoms with Gasteiger partial charge in [-0.25, -0.2) is 9.59 Å². The Balaban J connectivity index is 1.39. The lowest BCUT2D eigenvalue weighted by Crippen LogP contribution is -2.48. The summed E-state index contributed by atoms with van der Waals surface area (Å²) in [5.41, 5.74) is 2.39. The molecule has 2 aliphatic heterocycles. The van der Waals surface area contributed by atoms with Crippen molar-refractivity contribution in [2.45, 2.75) is 25.8 Å². The lowest BCUT2D eigenvalue weighted by Gasteiger charge is -2.39. The summed E-state index contributed by atoms with van der Waals surface area (Å²) >= 11 is 0. The van der Waals surface area contributed by atoms with Crippen molar-refractivity contribution in [3.63, 3.8) is 0 Å². The van der Waals surface area contributed by atoms with E-state index in [0.29, 0.717) is 18.8 Å². The van der Waals surface area contributed by atoms with Crippen LogP contribution < -0.4 is 5.32 Å². The van der Waals surface area contributed by atoms with E-state index in [-0.39, 0.29) is 47.2 Å². The van der Waals surface area contributed by atoms with Crippen LogP contribution >= 0.6 is 0 Å². The molecular formula is C35H38N4O6. The third-order valence-electron chi connectivity index (χ3n) is 8.06. The average molecular weight is 615 g/mol. The Morgan fingerprint density at radius 1 is 0.911 bits per heavy atom. The molecule has 10 heteroatoms. The van der Waals surface area contributed by atoms with Gasteiger partial charge in [0.15, 0.2) is 0 Å². The molecule has 0 radical (unpaired) electrons. The smallest absolute Gasteiger partial charge is 0.336 e. The van der Waals surface area contributed by atoms with Gasteiger partial charge in [-0.3, -0.25) is 19.9 Å². The molecule has 0 amide bonds. The summed E-state index contributed by atoms with van der Waals surface area (Å²) in [6.07, 6.45) is 0. The maximum atomic E-state index is 13.9. The number of nitro groups is 1. The van der Waals surface area contributed by atoms with Gasteiger partial charge in [0, 0.05) is 58.9 Å². The van der Waals surface area contributed by atoms with Gasteiger partial charge in [-0.1, -0.05) is 72.8 Å². The molecule has 2 aliphatic rings. The molecule has 1 N–H and O–H groups in total. The number of nitrogens with one attached hydrogen (secondary N) is 1. The van der Waals surface area contributed by atoms with Gasteiger partial charge in [0.2, 0.25) is 0 Å². The Morgan fingerprint density at radius 3 is 2.04 bits per heavy atom. The number of methoxy groups -OCH3 is 1. The second kappa shape index (κ2) is 14.3. The average Bonchev–Trinajstić information content (AvgIpc) is 3.08. The quantitative estimate of drug-likeness (QED) is 0.192. The number of rotatable bonds is 10. The Morgan fingerprint density at radius 2 is 1.49 bits per heavy atom. The number of esters is 2. The predicted molar refractivity (Wildman–Crippen MR) is 170 cm³/mol. The van der Waals surface area contributed by atoms with Gasteiger partial charge >= 0.3 is 11.9 Å². The first-order valence-electron chi connectivity index (χ1n) is 16.6. The first kappa shape index (κ1) is 26.6. The minimum absolute atomic E-state index is 0.0216. The number of non-ortho nitro benzene ring substituents is 1. The van der Waals surface area contributed by atoms with Gasteiger partial charge in [0.1, 0.15) is 6.56 Å². The van der Waals surface area contributed by atoms with Crippen LogP contribution in [0.25, 0.3) is 0 Å². The highest BCUT2D eigenvalue weighted by Crippen LogP contribution is 2.40. The Kier molecular flexibility index (Phi) is 8.46. The summed E-state index contributed by atoms with van der Waals surface area (Å²) in [6.45, 7) is -1.67. The van der Waals surface area contributed by atoms with Crippen molar-refractivity contribution < 1.29 is 29.5 Å². The van der Waals surface area contributed by atoms with Crippen LogP contribution in [0.4, 0.5) is 5.69 Å². The minimum atomic E-state index is -3.15. The van der Waals surface area contributed by atoms with Crippen molar-refractivity contribution in [3.05, 3.63) is 134 Å². The molecule has 3 aromatic carbocycles. The largest absolute Gasteiger partial charge is 0.466 e. The Hall–Kier alpha value is -4.80. The summed E-state index contributed by atoms with van der Waals surface area (Å²) in [4.78, 5) is 41.4. The van der Waals surface area contributed by atoms with Crippen molar-refractivity contribution in [2.24, 2.45) is 0 Å². The van der Waals surface area contributed by atoms with Gasteiger partial charge in [0.05, 0.1) is 37.9 Å². The molecule has 1 saturated heterocycles. The van der Waals surface area contributed by atoms with E-state index in [0.717, 1.165) is 18.2 Å². The lowest BCUT2D eigenvalue weighted by molar-refractivity contribution is -0.384. The number of dihydropyridines is 1. The third-order valence-corrected chi connectivity index (χ3v) is 8.06. The van der Waals surface area contributed by atoms with E-state index in [4.69, 9.17) is 15.0 Å². The van der Waals surface area contributed by atoms with Gasteiger partial charge in [-0.2, -0.15) is 0 Å². The zero-order valence-electron chi connectivity index (χ0n) is 29.4. The van der Waals surface area contributed by atoms with Crippen LogP contribution in [0.5, 0.6) is 0 Å². The fourth-order valence-corrected chi connectivity index (χ4v) is 5.96. The van der Waals surface area contributed by atoms with Crippen LogP contribution in [0.3, 0.4) is 0 Å². The zero-order valence-corrected chi connectivity index (χ0v) is 25.4. The van der Waals surface area contributed by atoms with Crippen LogP contribution in [-0.2, 0) is 19.1 Å². The molecule has 0 bridgehead atoms. The highest BCUT2D eigenvalue weighted by molar-refractivity contribution is 5.99. The maximum Gasteiger partial charge on any atom is 0.336 e. The van der Waals surface area contributed by atoms with Crippen molar-refractivity contribution in [3.8, 4) is 0 Å². The van der Waals surface area contributed by atoms with Crippen LogP contribution in [0.2, 0.25) is 0 Å². The monoisotopic (exact) mass is 614 g/mol. The number of benzene rings is 3. The van der Waals surface area contributed by atoms with E-state index in [1.165, 1.54) is 36.1 Å². The van der Waals surface area contributed by atoms with Gasteiger partial charge < -0.3 is 14.8 Å². The molecule has 0 aliphatic carbocycles. The molecule has 1 atom stereocenters. The van der Waals surface area contributed by atoms with E-state index in [2.05, 4.69) is 10.2 Å². The number of carbonyl (C=O) groups is 2. The minimum Gasteiger partial charge on any atom is -0.466 e. The Bertz CT molecular complexity index is 1740. The number of ether oxygens (including phenoxy) is 2. The fraction of sp³-hybridized carbons (Fsp3) is 0.314. The number of hydrogen-bond donors (Lipinski definition) is 1. The molecule has 45 heavy (non-hydrogen) atoms. The van der Waals surface area contributed by atoms with Crippen LogP contribution in [0, 0.1) is 10.1 Å². The SMILES string of the molecule is [2H]C([2H])(OC(=O)C1=C(C)NC(C)=C(C(=O)OC)[C@H]1c1cccc([N+](=O)[O-])c1)C([2H])([2H])N1CCN(C(c2ccccc2)c2ccccc2)CC1. The molecule has 1 fully saturated rings. The molecule has 0 aromatic heterocycles. The fourth-order valence-electron chi connectivity index (χ4n) is 5.96. The van der Waals surface area contributed by atoms with Gasteiger partial charge in [0.25, 0.3) is 5.69 Å². The highest BCUT2D eigenvalue weighted by atomic mass is 16.6. The molecule has 234 valence electrons. The molecular weight excluding hydrogens is 572 g/mol. The number of nitrogens with zero attached hydrogens (tertiary/aromatic N) is 3. The molecule has 5 rings (SSSR count). The van der Waals surface area contributed by atoms with Crippen molar-refractivity contribution >= 4 is 17.6 Å². The standard InChI is InChI=1S/C35H38N4O6/c1-24-30(34(40)44-3)32(28-15-10-16-29(23-28)39(42)43)31(25(2)36-24)35(41)45-22-21-37-17-19-38(20-18-37)33(26-11-6-4-7-12-26)27-13-8-5-9-14-27/h4-16,23,32-33,36H,17-22H2,1-3H3/t32-/m1/s1/i21D2,22D2. The second-order valence-electron chi connectivity index (χ2n) is 10.8. The molecule has 0 saturated carbocycles. The van der Waals surface area contributed by atoms with Crippen molar-refractivity contribution in [1.29, 1.82) is 0 Å². The van der Waals surface area contributed by atoms with Crippen molar-refractivity contribution in [1.82, 2.24) is 15.1 Å². The Labute approximate surface area is 268 Å². The van der Waals surface area contributed by atoms with E-state index >= 15 is 0 Å². The van der Waals surface area contributed by atoms with Crippen LogP contribution in [-0.4, -0.2) is 73.0 Å². The maximum absolute atomic E-state index is 13.9. The number of nitro benzene ring substituents is 1. The molecule has 3 aromatic rings. The third kappa shape index (κ3) is 7.13. The topological polar surface area (TPSA) is 114 Å². The summed E-state index contributed by atoms with van der Waals surface area (Å²) in [7, 11) is 1.16. The number of hydrogen-bond acceptors (Lipinski definition) is 9. The molecule has 0 spiro atoms. The number of piperazine rings is 1. The van der Waals surface area contributed by atoms with Crippen molar-refractivity contribution in [2.75, 3.05) is 46.3 Å². The van der Waals surface area contributed by atoms with E-state index in [1.54, 1.807) is 6.92 Å². The molecule has 2 heterocycles. The summed E-state index contributed by atoms with van der Waals surface area (Å²) in [6, 6.07) is 25.3. The predicted octanol–water partition coefficient (Wildman–Crippen LogP) is 4.95. The van der Waals surface area contributed by atoms with Gasteiger partial charge in [-0.15, -0.1) is 0 Å². The molecule has 10 nitrogen and oxygen atoms in total.